The van der Waals surface area contributed by atoms with E-state index in [1.165, 1.54) is 18.4 Å². The molecule has 3 aliphatic carbocycles. The number of aliphatic hydroxyl groups is 1. The fourth-order valence-corrected chi connectivity index (χ4v) is 8.24. The molecule has 4 aliphatic rings. The number of rotatable bonds is 6. The Morgan fingerprint density at radius 3 is 2.67 bits per heavy atom. The molecule has 2 aromatic carbocycles. The summed E-state index contributed by atoms with van der Waals surface area (Å²) in [6.07, 6.45) is 5.82. The van der Waals surface area contributed by atoms with E-state index >= 15 is 0 Å². The summed E-state index contributed by atoms with van der Waals surface area (Å²) in [6, 6.07) is 16.7. The van der Waals surface area contributed by atoms with E-state index in [9.17, 15) is 9.90 Å². The Labute approximate surface area is 261 Å². The molecule has 4 heterocycles. The topological polar surface area (TPSA) is 111 Å². The van der Waals surface area contributed by atoms with Crippen molar-refractivity contribution in [2.24, 2.45) is 24.6 Å². The van der Waals surface area contributed by atoms with Crippen molar-refractivity contribution in [2.75, 3.05) is 13.7 Å². The van der Waals surface area contributed by atoms with E-state index in [1.54, 1.807) is 7.11 Å². The highest BCUT2D eigenvalue weighted by atomic mass is 16.5. The molecule has 1 amide bonds. The van der Waals surface area contributed by atoms with Crippen LogP contribution < -0.4 is 10.5 Å². The number of fused-ring (bicyclic) bond motifs is 5. The minimum atomic E-state index is -0.363. The molecule has 4 unspecified atom stereocenters. The summed E-state index contributed by atoms with van der Waals surface area (Å²) in [6.45, 7) is 1.61. The summed E-state index contributed by atoms with van der Waals surface area (Å²) in [5, 5.41) is 11.4. The van der Waals surface area contributed by atoms with Crippen molar-refractivity contribution in [3.63, 3.8) is 0 Å². The molecule has 2 saturated carbocycles. The Balaban J connectivity index is 1.14. The van der Waals surface area contributed by atoms with Crippen LogP contribution in [0.5, 0.6) is 5.75 Å². The highest BCUT2D eigenvalue weighted by Gasteiger charge is 2.47. The van der Waals surface area contributed by atoms with E-state index in [1.807, 2.05) is 24.1 Å². The standard InChI is InChI=1S/C36H38N6O3/c1-40-33-27(14-24(16-31(33)45-2)36(44)42-18-23-7-11-28(42)32(23)37)39-35(40)29-15-22-6-10-26(38-34(22)41(29)17-19-3-4-19)21-5-9-25-20(13-21)8-12-30(25)43/h5-6,9-10,13-16,19,23,28,30,32,43H,3-4,7-8,11-12,17-18,37H2,1-2H3. The van der Waals surface area contributed by atoms with Gasteiger partial charge in [-0.15, -0.1) is 0 Å². The van der Waals surface area contributed by atoms with Crippen LogP contribution in [-0.4, -0.2) is 60.8 Å². The maximum absolute atomic E-state index is 13.7. The highest BCUT2D eigenvalue weighted by molar-refractivity contribution is 6.00. The van der Waals surface area contributed by atoms with Crippen LogP contribution in [0.2, 0.25) is 0 Å². The lowest BCUT2D eigenvalue weighted by molar-refractivity contribution is 0.0700. The van der Waals surface area contributed by atoms with E-state index in [-0.39, 0.29) is 24.1 Å². The number of aryl methyl sites for hydroxylation is 2. The fourth-order valence-electron chi connectivity index (χ4n) is 8.24. The summed E-state index contributed by atoms with van der Waals surface area (Å²) >= 11 is 0. The molecule has 2 bridgehead atoms. The average Bonchev–Trinajstić information content (AvgIpc) is 3.26. The number of aromatic nitrogens is 4. The van der Waals surface area contributed by atoms with Gasteiger partial charge in [-0.1, -0.05) is 12.1 Å². The van der Waals surface area contributed by atoms with Crippen LogP contribution in [0, 0.1) is 11.8 Å². The van der Waals surface area contributed by atoms with E-state index < -0.39 is 0 Å². The van der Waals surface area contributed by atoms with Crippen LogP contribution in [0.3, 0.4) is 0 Å². The summed E-state index contributed by atoms with van der Waals surface area (Å²) in [5.41, 5.74) is 14.8. The number of hydrogen-bond donors (Lipinski definition) is 2. The van der Waals surface area contributed by atoms with Gasteiger partial charge in [-0.25, -0.2) is 9.97 Å². The van der Waals surface area contributed by atoms with Crippen molar-refractivity contribution in [1.29, 1.82) is 0 Å². The molecule has 0 radical (unpaired) electrons. The third-order valence-corrected chi connectivity index (χ3v) is 10.9. The van der Waals surface area contributed by atoms with Gasteiger partial charge in [0, 0.05) is 48.7 Å². The van der Waals surface area contributed by atoms with Gasteiger partial charge in [0.25, 0.3) is 5.91 Å². The first kappa shape index (κ1) is 27.1. The summed E-state index contributed by atoms with van der Waals surface area (Å²) in [7, 11) is 3.67. The zero-order chi connectivity index (χ0) is 30.6. The van der Waals surface area contributed by atoms with Gasteiger partial charge in [0.15, 0.2) is 5.82 Å². The van der Waals surface area contributed by atoms with Crippen molar-refractivity contribution in [2.45, 2.75) is 63.3 Å². The Bertz CT molecular complexity index is 2020. The Morgan fingerprint density at radius 2 is 1.91 bits per heavy atom. The number of aliphatic hydroxyl groups excluding tert-OH is 1. The number of nitrogens with zero attached hydrogens (tertiary/aromatic N) is 5. The number of imidazole rings is 1. The lowest BCUT2D eigenvalue weighted by atomic mass is 10.0. The first-order chi connectivity index (χ1) is 21.9. The molecule has 0 spiro atoms. The SMILES string of the molecule is COc1cc(C(=O)N2CC3CCC2C3N)cc2nc(-c3cc4ccc(-c5ccc6c(c5)CCC6O)nc4n3CC3CC3)n(C)c12. The van der Waals surface area contributed by atoms with Crippen molar-refractivity contribution in [3.8, 4) is 28.5 Å². The lowest BCUT2D eigenvalue weighted by Crippen LogP contribution is -2.41. The molecule has 3 N–H and O–H groups in total. The summed E-state index contributed by atoms with van der Waals surface area (Å²) < 4.78 is 10.3. The van der Waals surface area contributed by atoms with Gasteiger partial charge in [-0.05, 0) is 97.9 Å². The minimum absolute atomic E-state index is 0.00527. The molecule has 9 heteroatoms. The molecule has 5 aromatic rings. The van der Waals surface area contributed by atoms with Gasteiger partial charge < -0.3 is 29.6 Å². The number of piperidine rings is 1. The number of hydrogen-bond acceptors (Lipinski definition) is 6. The largest absolute Gasteiger partial charge is 0.494 e. The van der Waals surface area contributed by atoms with Crippen LogP contribution in [0.4, 0.5) is 0 Å². The average molecular weight is 603 g/mol. The van der Waals surface area contributed by atoms with Crippen LogP contribution in [0.25, 0.3) is 44.8 Å². The van der Waals surface area contributed by atoms with Crippen molar-refractivity contribution in [3.05, 3.63) is 65.2 Å². The molecule has 9 rings (SSSR count). The quantitative estimate of drug-likeness (QED) is 0.276. The smallest absolute Gasteiger partial charge is 0.254 e. The van der Waals surface area contributed by atoms with Gasteiger partial charge in [0.1, 0.15) is 16.9 Å². The molecule has 4 atom stereocenters. The predicted octanol–water partition coefficient (Wildman–Crippen LogP) is 5.22. The first-order valence-corrected chi connectivity index (χ1v) is 16.3. The molecular formula is C36H38N6O3. The molecular weight excluding hydrogens is 564 g/mol. The van der Waals surface area contributed by atoms with Crippen LogP contribution in [-0.2, 0) is 20.0 Å². The van der Waals surface area contributed by atoms with E-state index in [0.29, 0.717) is 23.1 Å². The highest BCUT2D eigenvalue weighted by Crippen LogP contribution is 2.41. The van der Waals surface area contributed by atoms with Crippen LogP contribution in [0.1, 0.15) is 59.7 Å². The number of methoxy groups -OCH3 is 1. The zero-order valence-electron chi connectivity index (χ0n) is 25.7. The normalized spacial score (nSPS) is 23.9. The Morgan fingerprint density at radius 1 is 1.04 bits per heavy atom. The number of amides is 1. The van der Waals surface area contributed by atoms with Gasteiger partial charge in [-0.3, -0.25) is 4.79 Å². The maximum atomic E-state index is 13.7. The second-order valence-electron chi connectivity index (χ2n) is 13.6. The van der Waals surface area contributed by atoms with Gasteiger partial charge in [0.05, 0.1) is 30.1 Å². The Kier molecular flexibility index (Phi) is 5.96. The number of benzene rings is 2. The van der Waals surface area contributed by atoms with E-state index in [2.05, 4.69) is 45.5 Å². The monoisotopic (exact) mass is 602 g/mol. The first-order valence-electron chi connectivity index (χ1n) is 16.3. The van der Waals surface area contributed by atoms with Crippen molar-refractivity contribution in [1.82, 2.24) is 24.0 Å². The molecule has 1 aliphatic heterocycles. The van der Waals surface area contributed by atoms with Gasteiger partial charge in [0.2, 0.25) is 0 Å². The molecule has 3 aromatic heterocycles. The van der Waals surface area contributed by atoms with Crippen LogP contribution >= 0.6 is 0 Å². The lowest BCUT2D eigenvalue weighted by Gasteiger charge is -2.27. The number of pyridine rings is 1. The third kappa shape index (κ3) is 4.17. The second-order valence-corrected chi connectivity index (χ2v) is 13.6. The minimum Gasteiger partial charge on any atom is -0.494 e. The summed E-state index contributed by atoms with van der Waals surface area (Å²) in [4.78, 5) is 26.1. The maximum Gasteiger partial charge on any atom is 0.254 e. The number of carbonyl (C=O) groups is 1. The molecule has 230 valence electrons. The van der Waals surface area contributed by atoms with E-state index in [4.69, 9.17) is 20.4 Å². The zero-order valence-corrected chi connectivity index (χ0v) is 25.7. The number of ether oxygens (including phenoxy) is 1. The number of nitrogens with two attached hydrogens (primary N) is 1. The molecule has 45 heavy (non-hydrogen) atoms. The third-order valence-electron chi connectivity index (χ3n) is 10.9. The molecule has 9 nitrogen and oxygen atoms in total. The summed E-state index contributed by atoms with van der Waals surface area (Å²) in [5.74, 6) is 2.48. The second kappa shape index (κ2) is 9.89. The van der Waals surface area contributed by atoms with Gasteiger partial charge >= 0.3 is 0 Å². The Hall–Kier alpha value is -4.21. The van der Waals surface area contributed by atoms with Gasteiger partial charge in [-0.2, -0.15) is 0 Å². The van der Waals surface area contributed by atoms with Crippen molar-refractivity contribution < 1.29 is 14.6 Å². The van der Waals surface area contributed by atoms with Crippen LogP contribution in [0.15, 0.2) is 48.5 Å². The van der Waals surface area contributed by atoms with Crippen molar-refractivity contribution >= 4 is 28.0 Å². The predicted molar refractivity (Wildman–Crippen MR) is 173 cm³/mol. The molecule has 1 saturated heterocycles. The fraction of sp³-hybridized carbons (Fsp3) is 0.417. The molecule has 3 fully saturated rings. The van der Waals surface area contributed by atoms with E-state index in [0.717, 1.165) is 89.2 Å². The number of likely N-dealkylation sites (tertiary alicyclic amines) is 1. The number of carbonyl (C=O) groups excluding carboxylic acids is 1.